The minimum absolute atomic E-state index is 0.633. The molecule has 0 unspecified atom stereocenters. The van der Waals surface area contributed by atoms with Crippen LogP contribution in [0.3, 0.4) is 0 Å². The molecular formula is C47H31N3. The molecule has 0 saturated heterocycles. The van der Waals surface area contributed by atoms with Gasteiger partial charge in [0.15, 0.2) is 17.5 Å². The van der Waals surface area contributed by atoms with Gasteiger partial charge in [-0.25, -0.2) is 15.0 Å². The second-order valence-electron chi connectivity index (χ2n) is 12.5. The van der Waals surface area contributed by atoms with Crippen LogP contribution in [0.5, 0.6) is 0 Å². The Bertz CT molecular complexity index is 2630. The van der Waals surface area contributed by atoms with E-state index < -0.39 is 0 Å². The monoisotopic (exact) mass is 637 g/mol. The van der Waals surface area contributed by atoms with Crippen LogP contribution in [0.15, 0.2) is 188 Å². The van der Waals surface area contributed by atoms with Crippen LogP contribution in [0.1, 0.15) is 0 Å². The number of fused-ring (bicyclic) bond motifs is 2. The van der Waals surface area contributed by atoms with E-state index in [-0.39, 0.29) is 0 Å². The molecule has 9 aromatic rings. The molecule has 0 saturated carbocycles. The fourth-order valence-corrected chi connectivity index (χ4v) is 6.77. The lowest BCUT2D eigenvalue weighted by Crippen LogP contribution is -2.01. The SMILES string of the molecule is c1ccc(-c2nc(-c3ccc(-c4ccc5ccccc5c4)cc3)nc(-c3cccc(-c4ccc5ccccc5c4)c3-c3ccccc3)n2)cc1. The molecule has 50 heavy (non-hydrogen) atoms. The zero-order chi connectivity index (χ0) is 33.3. The molecule has 0 amide bonds. The number of aromatic nitrogens is 3. The van der Waals surface area contributed by atoms with E-state index in [1.165, 1.54) is 27.1 Å². The predicted octanol–water partition coefficient (Wildman–Crippen LogP) is 12.2. The van der Waals surface area contributed by atoms with Crippen molar-refractivity contribution in [2.45, 2.75) is 0 Å². The molecule has 0 radical (unpaired) electrons. The summed E-state index contributed by atoms with van der Waals surface area (Å²) in [5.41, 5.74) is 9.62. The topological polar surface area (TPSA) is 38.7 Å². The second kappa shape index (κ2) is 12.7. The average molecular weight is 638 g/mol. The quantitative estimate of drug-likeness (QED) is 0.182. The Kier molecular flexibility index (Phi) is 7.49. The van der Waals surface area contributed by atoms with Crippen LogP contribution in [0.4, 0.5) is 0 Å². The van der Waals surface area contributed by atoms with Crippen molar-refractivity contribution in [3.05, 3.63) is 188 Å². The second-order valence-corrected chi connectivity index (χ2v) is 12.5. The van der Waals surface area contributed by atoms with Crippen molar-refractivity contribution in [3.63, 3.8) is 0 Å². The highest BCUT2D eigenvalue weighted by atomic mass is 15.0. The molecule has 234 valence electrons. The standard InChI is InChI=1S/C47H31N3/c1-3-14-35(15-4-1)44-42(41-29-25-33-13-8-10-19-39(33)31-41)20-11-21-43(44)47-49-45(36-16-5-2-6-17-36)48-46(50-47)37-26-22-34(23-27-37)40-28-24-32-12-7-9-18-38(32)30-40/h1-31H. The number of hydrogen-bond acceptors (Lipinski definition) is 3. The minimum Gasteiger partial charge on any atom is -0.208 e. The van der Waals surface area contributed by atoms with Crippen molar-refractivity contribution >= 4 is 21.5 Å². The number of benzene rings is 8. The molecule has 8 aromatic carbocycles. The molecule has 3 heteroatoms. The Balaban J connectivity index is 1.21. The molecule has 0 bridgehead atoms. The van der Waals surface area contributed by atoms with Gasteiger partial charge in [-0.2, -0.15) is 0 Å². The van der Waals surface area contributed by atoms with Gasteiger partial charge in [0, 0.05) is 22.3 Å². The van der Waals surface area contributed by atoms with Gasteiger partial charge in [-0.05, 0) is 61.5 Å². The third-order valence-electron chi connectivity index (χ3n) is 9.32. The summed E-state index contributed by atoms with van der Waals surface area (Å²) >= 11 is 0. The van der Waals surface area contributed by atoms with Crippen molar-refractivity contribution in [2.75, 3.05) is 0 Å². The van der Waals surface area contributed by atoms with Gasteiger partial charge in [0.2, 0.25) is 0 Å². The first-order chi connectivity index (χ1) is 24.8. The van der Waals surface area contributed by atoms with Gasteiger partial charge in [-0.3, -0.25) is 0 Å². The number of rotatable bonds is 6. The highest BCUT2D eigenvalue weighted by Crippen LogP contribution is 2.40. The first-order valence-electron chi connectivity index (χ1n) is 16.9. The summed E-state index contributed by atoms with van der Waals surface area (Å²) in [5, 5.41) is 4.88. The molecule has 0 spiro atoms. The lowest BCUT2D eigenvalue weighted by atomic mass is 9.89. The normalized spacial score (nSPS) is 11.2. The molecule has 1 heterocycles. The van der Waals surface area contributed by atoms with Crippen molar-refractivity contribution in [1.29, 1.82) is 0 Å². The van der Waals surface area contributed by atoms with Gasteiger partial charge < -0.3 is 0 Å². The fourth-order valence-electron chi connectivity index (χ4n) is 6.77. The maximum atomic E-state index is 5.19. The third kappa shape index (κ3) is 5.61. The highest BCUT2D eigenvalue weighted by Gasteiger charge is 2.19. The minimum atomic E-state index is 0.633. The van der Waals surface area contributed by atoms with Crippen LogP contribution in [0.25, 0.3) is 89.1 Å². The summed E-state index contributed by atoms with van der Waals surface area (Å²) in [6.07, 6.45) is 0. The molecule has 0 atom stereocenters. The molecular weight excluding hydrogens is 607 g/mol. The first kappa shape index (κ1) is 29.4. The van der Waals surface area contributed by atoms with Crippen LogP contribution < -0.4 is 0 Å². The van der Waals surface area contributed by atoms with Crippen LogP contribution in [-0.2, 0) is 0 Å². The summed E-state index contributed by atoms with van der Waals surface area (Å²) in [5.74, 6) is 1.90. The Morgan fingerprint density at radius 1 is 0.240 bits per heavy atom. The van der Waals surface area contributed by atoms with E-state index in [1.807, 2.05) is 18.2 Å². The fraction of sp³-hybridized carbons (Fsp3) is 0. The first-order valence-corrected chi connectivity index (χ1v) is 16.9. The zero-order valence-corrected chi connectivity index (χ0v) is 27.2. The van der Waals surface area contributed by atoms with Gasteiger partial charge in [-0.15, -0.1) is 0 Å². The Hall–Kier alpha value is -6.71. The van der Waals surface area contributed by atoms with Gasteiger partial charge >= 0.3 is 0 Å². The highest BCUT2D eigenvalue weighted by molar-refractivity contribution is 5.96. The molecule has 0 aliphatic heterocycles. The van der Waals surface area contributed by atoms with E-state index in [0.29, 0.717) is 17.5 Å². The zero-order valence-electron chi connectivity index (χ0n) is 27.2. The molecule has 0 fully saturated rings. The van der Waals surface area contributed by atoms with Crippen LogP contribution in [0, 0.1) is 0 Å². The lowest BCUT2D eigenvalue weighted by molar-refractivity contribution is 1.07. The summed E-state index contributed by atoms with van der Waals surface area (Å²) < 4.78 is 0. The average Bonchev–Trinajstić information content (AvgIpc) is 3.20. The molecule has 3 nitrogen and oxygen atoms in total. The Morgan fingerprint density at radius 2 is 0.680 bits per heavy atom. The van der Waals surface area contributed by atoms with E-state index in [2.05, 4.69) is 170 Å². The van der Waals surface area contributed by atoms with Crippen molar-refractivity contribution < 1.29 is 0 Å². The molecule has 1 aromatic heterocycles. The van der Waals surface area contributed by atoms with E-state index in [4.69, 9.17) is 15.0 Å². The molecule has 0 N–H and O–H groups in total. The summed E-state index contributed by atoms with van der Waals surface area (Å²) in [6, 6.07) is 65.9. The maximum absolute atomic E-state index is 5.19. The van der Waals surface area contributed by atoms with Gasteiger partial charge in [0.25, 0.3) is 0 Å². The van der Waals surface area contributed by atoms with E-state index in [1.54, 1.807) is 0 Å². The Labute approximate surface area is 291 Å². The van der Waals surface area contributed by atoms with E-state index >= 15 is 0 Å². The van der Waals surface area contributed by atoms with Gasteiger partial charge in [-0.1, -0.05) is 176 Å². The van der Waals surface area contributed by atoms with Crippen LogP contribution in [0.2, 0.25) is 0 Å². The largest absolute Gasteiger partial charge is 0.208 e. The van der Waals surface area contributed by atoms with E-state index in [9.17, 15) is 0 Å². The lowest BCUT2D eigenvalue weighted by Gasteiger charge is -2.17. The van der Waals surface area contributed by atoms with Gasteiger partial charge in [0.1, 0.15) is 0 Å². The van der Waals surface area contributed by atoms with Crippen LogP contribution >= 0.6 is 0 Å². The molecule has 0 aliphatic carbocycles. The number of nitrogens with zero attached hydrogens (tertiary/aromatic N) is 3. The van der Waals surface area contributed by atoms with Crippen LogP contribution in [-0.4, -0.2) is 15.0 Å². The van der Waals surface area contributed by atoms with Crippen molar-refractivity contribution in [1.82, 2.24) is 15.0 Å². The summed E-state index contributed by atoms with van der Waals surface area (Å²) in [4.78, 5) is 15.4. The van der Waals surface area contributed by atoms with Crippen molar-refractivity contribution in [2.24, 2.45) is 0 Å². The number of hydrogen-bond donors (Lipinski definition) is 0. The molecule has 9 rings (SSSR count). The van der Waals surface area contributed by atoms with Crippen molar-refractivity contribution in [3.8, 4) is 67.5 Å². The third-order valence-corrected chi connectivity index (χ3v) is 9.32. The Morgan fingerprint density at radius 3 is 1.32 bits per heavy atom. The predicted molar refractivity (Wildman–Crippen MR) is 207 cm³/mol. The van der Waals surface area contributed by atoms with E-state index in [0.717, 1.165) is 44.5 Å². The van der Waals surface area contributed by atoms with Gasteiger partial charge in [0.05, 0.1) is 0 Å². The summed E-state index contributed by atoms with van der Waals surface area (Å²) in [6.45, 7) is 0. The molecule has 0 aliphatic rings. The maximum Gasteiger partial charge on any atom is 0.164 e. The summed E-state index contributed by atoms with van der Waals surface area (Å²) in [7, 11) is 0. The smallest absolute Gasteiger partial charge is 0.164 e.